The average Bonchev–Trinajstić information content (AvgIpc) is 2.93. The normalized spacial score (nSPS) is 11.9. The second-order valence-electron chi connectivity index (χ2n) is 9.01. The summed E-state index contributed by atoms with van der Waals surface area (Å²) in [5, 5.41) is 2.81. The Balaban J connectivity index is 2.02. The third-order valence-electron chi connectivity index (χ3n) is 6.07. The van der Waals surface area contributed by atoms with E-state index >= 15 is 0 Å². The van der Waals surface area contributed by atoms with Crippen LogP contribution >= 0.6 is 15.9 Å². The fourth-order valence-corrected chi connectivity index (χ4v) is 5.81. The lowest BCUT2D eigenvalue weighted by Gasteiger charge is -2.32. The van der Waals surface area contributed by atoms with Crippen molar-refractivity contribution in [1.82, 2.24) is 10.2 Å². The number of amides is 2. The molecule has 40 heavy (non-hydrogen) atoms. The summed E-state index contributed by atoms with van der Waals surface area (Å²) in [5.41, 5.74) is 0.971. The number of benzene rings is 3. The van der Waals surface area contributed by atoms with Crippen molar-refractivity contribution in [2.45, 2.75) is 44.7 Å². The van der Waals surface area contributed by atoms with Crippen LogP contribution in [0.25, 0.3) is 0 Å². The second-order valence-corrected chi connectivity index (χ2v) is 11.8. The monoisotopic (exact) mass is 633 g/mol. The van der Waals surface area contributed by atoms with Crippen LogP contribution < -0.4 is 14.4 Å². The molecule has 3 rings (SSSR count). The zero-order valence-electron chi connectivity index (χ0n) is 22.6. The van der Waals surface area contributed by atoms with Crippen molar-refractivity contribution in [1.29, 1.82) is 0 Å². The first-order valence-corrected chi connectivity index (χ1v) is 15.1. The minimum Gasteiger partial charge on any atom is -0.494 e. The highest BCUT2D eigenvalue weighted by Gasteiger charge is 2.32. The maximum absolute atomic E-state index is 13.9. The van der Waals surface area contributed by atoms with Crippen LogP contribution in [-0.4, -0.2) is 50.9 Å². The van der Waals surface area contributed by atoms with Crippen LogP contribution in [0.2, 0.25) is 0 Å². The molecule has 0 unspecified atom stereocenters. The number of anilines is 1. The van der Waals surface area contributed by atoms with Gasteiger partial charge in [0.2, 0.25) is 11.8 Å². The number of hydrogen-bond donors (Lipinski definition) is 1. The molecule has 0 fully saturated rings. The highest BCUT2D eigenvalue weighted by Crippen LogP contribution is 2.27. The topological polar surface area (TPSA) is 96.0 Å². The van der Waals surface area contributed by atoms with Crippen LogP contribution in [0.5, 0.6) is 5.75 Å². The number of hydrogen-bond acceptors (Lipinski definition) is 5. The largest absolute Gasteiger partial charge is 0.494 e. The number of halogens is 2. The van der Waals surface area contributed by atoms with Crippen LogP contribution in [0.3, 0.4) is 0 Å². The third-order valence-corrected chi connectivity index (χ3v) is 8.36. The standard InChI is InChI=1S/C29H33BrFN3O5S/c1-4-17-32-29(36)21(3)33(19-22-7-6-8-23(30)18-22)28(35)20-34(25-11-13-26(14-12-25)39-5-2)40(37,38)27-15-9-24(31)10-16-27/h6-16,18,21H,4-5,17,19-20H2,1-3H3,(H,32,36)/t21-/m0/s1. The first-order chi connectivity index (χ1) is 19.1. The smallest absolute Gasteiger partial charge is 0.264 e. The Hall–Kier alpha value is -3.44. The number of sulfonamides is 1. The number of ether oxygens (including phenoxy) is 1. The molecular weight excluding hydrogens is 601 g/mol. The van der Waals surface area contributed by atoms with Gasteiger partial charge in [-0.25, -0.2) is 12.8 Å². The van der Waals surface area contributed by atoms with Crippen molar-refractivity contribution < 1.29 is 27.1 Å². The van der Waals surface area contributed by atoms with E-state index in [4.69, 9.17) is 4.74 Å². The van der Waals surface area contributed by atoms with E-state index < -0.39 is 34.3 Å². The van der Waals surface area contributed by atoms with Crippen molar-refractivity contribution >= 4 is 43.5 Å². The summed E-state index contributed by atoms with van der Waals surface area (Å²) in [4.78, 5) is 28.0. The van der Waals surface area contributed by atoms with E-state index in [-0.39, 0.29) is 23.0 Å². The predicted molar refractivity (Wildman–Crippen MR) is 156 cm³/mol. The van der Waals surface area contributed by atoms with Gasteiger partial charge in [0.25, 0.3) is 10.0 Å². The van der Waals surface area contributed by atoms with E-state index in [1.54, 1.807) is 19.1 Å². The first kappa shape index (κ1) is 31.1. The van der Waals surface area contributed by atoms with E-state index in [0.29, 0.717) is 18.9 Å². The molecular formula is C29H33BrFN3O5S. The molecule has 0 saturated heterocycles. The van der Waals surface area contributed by atoms with Crippen molar-refractivity contribution in [3.63, 3.8) is 0 Å². The number of nitrogens with one attached hydrogen (secondary N) is 1. The van der Waals surface area contributed by atoms with Gasteiger partial charge in [-0.15, -0.1) is 0 Å². The highest BCUT2D eigenvalue weighted by atomic mass is 79.9. The molecule has 8 nitrogen and oxygen atoms in total. The molecule has 1 atom stereocenters. The molecule has 0 radical (unpaired) electrons. The van der Waals surface area contributed by atoms with Crippen LogP contribution in [0, 0.1) is 5.82 Å². The summed E-state index contributed by atoms with van der Waals surface area (Å²) >= 11 is 3.43. The average molecular weight is 635 g/mol. The van der Waals surface area contributed by atoms with E-state index in [1.165, 1.54) is 17.0 Å². The molecule has 1 N–H and O–H groups in total. The lowest BCUT2D eigenvalue weighted by atomic mass is 10.1. The van der Waals surface area contributed by atoms with E-state index in [9.17, 15) is 22.4 Å². The molecule has 0 aliphatic rings. The molecule has 0 aliphatic carbocycles. The zero-order valence-corrected chi connectivity index (χ0v) is 25.0. The summed E-state index contributed by atoms with van der Waals surface area (Å²) in [6.45, 7) is 5.72. The second kappa shape index (κ2) is 14.3. The maximum Gasteiger partial charge on any atom is 0.264 e. The molecule has 3 aromatic carbocycles. The molecule has 0 aliphatic heterocycles. The SMILES string of the molecule is CCCNC(=O)[C@H](C)N(Cc1cccc(Br)c1)C(=O)CN(c1ccc(OCC)cc1)S(=O)(=O)c1ccc(F)cc1. The third kappa shape index (κ3) is 8.04. The molecule has 3 aromatic rings. The van der Waals surface area contributed by atoms with Gasteiger partial charge in [-0.05, 0) is 86.5 Å². The predicted octanol–water partition coefficient (Wildman–Crippen LogP) is 5.13. The van der Waals surface area contributed by atoms with Crippen LogP contribution in [0.1, 0.15) is 32.8 Å². The Kier molecular flexibility index (Phi) is 11.1. The highest BCUT2D eigenvalue weighted by molar-refractivity contribution is 9.10. The van der Waals surface area contributed by atoms with Gasteiger partial charge >= 0.3 is 0 Å². The number of nitrogens with zero attached hydrogens (tertiary/aromatic N) is 2. The maximum atomic E-state index is 13.9. The van der Waals surface area contributed by atoms with Gasteiger partial charge in [0.05, 0.1) is 17.2 Å². The summed E-state index contributed by atoms with van der Waals surface area (Å²) in [6, 6.07) is 17.1. The summed E-state index contributed by atoms with van der Waals surface area (Å²) < 4.78 is 48.4. The Labute approximate surface area is 243 Å². The summed E-state index contributed by atoms with van der Waals surface area (Å²) in [7, 11) is -4.29. The van der Waals surface area contributed by atoms with E-state index in [2.05, 4.69) is 21.2 Å². The number of carbonyl (C=O) groups is 2. The van der Waals surface area contributed by atoms with Crippen molar-refractivity contribution in [2.75, 3.05) is 24.0 Å². The van der Waals surface area contributed by atoms with Gasteiger partial charge in [0, 0.05) is 17.6 Å². The minimum absolute atomic E-state index is 0.0761. The molecule has 0 aromatic heterocycles. The fraction of sp³-hybridized carbons (Fsp3) is 0.310. The van der Waals surface area contributed by atoms with Gasteiger partial charge in [0.1, 0.15) is 24.2 Å². The van der Waals surface area contributed by atoms with Crippen LogP contribution in [0.4, 0.5) is 10.1 Å². The lowest BCUT2D eigenvalue weighted by Crippen LogP contribution is -2.51. The molecule has 11 heteroatoms. The minimum atomic E-state index is -4.29. The summed E-state index contributed by atoms with van der Waals surface area (Å²) in [6.07, 6.45) is 0.722. The van der Waals surface area contributed by atoms with Crippen molar-refractivity contribution in [3.8, 4) is 5.75 Å². The molecule has 0 saturated carbocycles. The lowest BCUT2D eigenvalue weighted by molar-refractivity contribution is -0.139. The zero-order chi connectivity index (χ0) is 29.3. The Morgan fingerprint density at radius 1 is 1.02 bits per heavy atom. The van der Waals surface area contributed by atoms with Crippen LogP contribution in [0.15, 0.2) is 82.2 Å². The molecule has 0 heterocycles. The quantitative estimate of drug-likeness (QED) is 0.282. The van der Waals surface area contributed by atoms with Crippen molar-refractivity contribution in [2.24, 2.45) is 0 Å². The number of rotatable bonds is 13. The molecule has 0 spiro atoms. The molecule has 0 bridgehead atoms. The molecule has 2 amide bonds. The Morgan fingerprint density at radius 2 is 1.70 bits per heavy atom. The fourth-order valence-electron chi connectivity index (χ4n) is 3.95. The van der Waals surface area contributed by atoms with Gasteiger partial charge in [-0.2, -0.15) is 0 Å². The summed E-state index contributed by atoms with van der Waals surface area (Å²) in [5.74, 6) is -0.984. The van der Waals surface area contributed by atoms with E-state index in [1.807, 2.05) is 38.1 Å². The van der Waals surface area contributed by atoms with Gasteiger partial charge in [-0.1, -0.05) is 35.0 Å². The van der Waals surface area contributed by atoms with Crippen molar-refractivity contribution in [3.05, 3.63) is 88.6 Å². The van der Waals surface area contributed by atoms with E-state index in [0.717, 1.165) is 45.0 Å². The Bertz CT molecular complexity index is 1400. The van der Waals surface area contributed by atoms with Gasteiger partial charge < -0.3 is 15.0 Å². The Morgan fingerprint density at radius 3 is 2.30 bits per heavy atom. The van der Waals surface area contributed by atoms with Gasteiger partial charge in [-0.3, -0.25) is 13.9 Å². The van der Waals surface area contributed by atoms with Gasteiger partial charge in [0.15, 0.2) is 0 Å². The first-order valence-electron chi connectivity index (χ1n) is 12.9. The van der Waals surface area contributed by atoms with Crippen LogP contribution in [-0.2, 0) is 26.2 Å². The molecule has 214 valence electrons. The number of carbonyl (C=O) groups excluding carboxylic acids is 2.